The Balaban J connectivity index is 2.36. The lowest BCUT2D eigenvalue weighted by atomic mass is 10.2. The first kappa shape index (κ1) is 15.3. The smallest absolute Gasteiger partial charge is 0.412 e. The van der Waals surface area contributed by atoms with Gasteiger partial charge in [0.05, 0.1) is 0 Å². The van der Waals surface area contributed by atoms with Crippen LogP contribution in [0.2, 0.25) is 0 Å². The molecule has 1 amide bonds. The molecule has 0 bridgehead atoms. The molecule has 0 radical (unpaired) electrons. The molecule has 1 heterocycles. The summed E-state index contributed by atoms with van der Waals surface area (Å²) >= 11 is 0. The molecule has 0 aromatic heterocycles. The minimum atomic E-state index is -0.438. The fourth-order valence-electron chi connectivity index (χ4n) is 2.01. The first-order valence-electron chi connectivity index (χ1n) is 7.05. The summed E-state index contributed by atoms with van der Waals surface area (Å²) in [5.41, 5.74) is -0.438. The van der Waals surface area contributed by atoms with Crippen LogP contribution in [0.3, 0.4) is 0 Å². The van der Waals surface area contributed by atoms with Gasteiger partial charge in [-0.15, -0.1) is 0 Å². The molecule has 1 atom stereocenters. The second-order valence-corrected chi connectivity index (χ2v) is 5.85. The molecule has 0 aromatic rings. The third kappa shape index (κ3) is 5.25. The number of unbranched alkanes of at least 4 members (excludes halogenated alkanes) is 2. The van der Waals surface area contributed by atoms with Gasteiger partial charge in [0.15, 0.2) is 0 Å². The Kier molecular flexibility index (Phi) is 5.93. The van der Waals surface area contributed by atoms with Gasteiger partial charge in [-0.2, -0.15) is 0 Å². The molecule has 0 aromatic carbocycles. The maximum Gasteiger partial charge on any atom is 0.412 e. The maximum absolute atomic E-state index is 12.0. The van der Waals surface area contributed by atoms with Crippen LogP contribution in [-0.4, -0.2) is 36.0 Å². The van der Waals surface area contributed by atoms with Gasteiger partial charge in [0.2, 0.25) is 0 Å². The molecule has 1 rings (SSSR count). The summed E-state index contributed by atoms with van der Waals surface area (Å²) in [6, 6.07) is 0. The highest BCUT2D eigenvalue weighted by Crippen LogP contribution is 2.21. The van der Waals surface area contributed by atoms with Crippen molar-refractivity contribution in [3.05, 3.63) is 0 Å². The van der Waals surface area contributed by atoms with Crippen LogP contribution in [0, 0.1) is 0 Å². The summed E-state index contributed by atoms with van der Waals surface area (Å²) < 4.78 is 11.2. The monoisotopic (exact) mass is 257 g/mol. The number of rotatable bonds is 5. The predicted molar refractivity (Wildman–Crippen MR) is 71.4 cm³/mol. The molecule has 4 heteroatoms. The van der Waals surface area contributed by atoms with E-state index in [1.165, 1.54) is 12.8 Å². The zero-order valence-corrected chi connectivity index (χ0v) is 12.2. The van der Waals surface area contributed by atoms with Crippen molar-refractivity contribution in [3.63, 3.8) is 0 Å². The molecule has 1 fully saturated rings. The van der Waals surface area contributed by atoms with E-state index >= 15 is 0 Å². The molecule has 0 aliphatic carbocycles. The minimum absolute atomic E-state index is 0.0864. The fraction of sp³-hybridized carbons (Fsp3) is 0.929. The van der Waals surface area contributed by atoms with Crippen molar-refractivity contribution in [2.24, 2.45) is 0 Å². The summed E-state index contributed by atoms with van der Waals surface area (Å²) in [6.45, 7) is 9.31. The highest BCUT2D eigenvalue weighted by molar-refractivity contribution is 5.68. The SMILES string of the molecule is CCCCCOC1CCCN1C(=O)OC(C)(C)C. The van der Waals surface area contributed by atoms with Crippen molar-refractivity contribution < 1.29 is 14.3 Å². The van der Waals surface area contributed by atoms with Crippen molar-refractivity contribution in [2.75, 3.05) is 13.2 Å². The van der Waals surface area contributed by atoms with Crippen LogP contribution in [0.5, 0.6) is 0 Å². The molecule has 0 saturated carbocycles. The average Bonchev–Trinajstić information content (AvgIpc) is 2.70. The summed E-state index contributed by atoms with van der Waals surface area (Å²) in [6.07, 6.45) is 5.01. The van der Waals surface area contributed by atoms with Crippen molar-refractivity contribution >= 4 is 6.09 Å². The van der Waals surface area contributed by atoms with Gasteiger partial charge in [-0.1, -0.05) is 19.8 Å². The largest absolute Gasteiger partial charge is 0.444 e. The normalized spacial score (nSPS) is 20.2. The standard InChI is InChI=1S/C14H27NO3/c1-5-6-7-11-17-12-9-8-10-15(12)13(16)18-14(2,3)4/h12H,5-11H2,1-4H3. The van der Waals surface area contributed by atoms with E-state index in [1.54, 1.807) is 4.90 Å². The van der Waals surface area contributed by atoms with Crippen LogP contribution in [-0.2, 0) is 9.47 Å². The Morgan fingerprint density at radius 2 is 2.06 bits per heavy atom. The second kappa shape index (κ2) is 6.98. The van der Waals surface area contributed by atoms with E-state index in [0.29, 0.717) is 0 Å². The molecule has 106 valence electrons. The van der Waals surface area contributed by atoms with E-state index in [-0.39, 0.29) is 12.3 Å². The Hall–Kier alpha value is -0.770. The lowest BCUT2D eigenvalue weighted by molar-refractivity contribution is -0.0496. The highest BCUT2D eigenvalue weighted by atomic mass is 16.6. The summed E-state index contributed by atoms with van der Waals surface area (Å²) in [4.78, 5) is 13.7. The maximum atomic E-state index is 12.0. The van der Waals surface area contributed by atoms with Gasteiger partial charge in [-0.3, -0.25) is 4.90 Å². The van der Waals surface area contributed by atoms with Crippen LogP contribution in [0.15, 0.2) is 0 Å². The number of carbonyl (C=O) groups is 1. The molecule has 0 N–H and O–H groups in total. The number of hydrogen-bond donors (Lipinski definition) is 0. The lowest BCUT2D eigenvalue weighted by Gasteiger charge is -2.28. The van der Waals surface area contributed by atoms with E-state index in [4.69, 9.17) is 9.47 Å². The van der Waals surface area contributed by atoms with Gasteiger partial charge in [-0.25, -0.2) is 4.79 Å². The zero-order valence-electron chi connectivity index (χ0n) is 12.2. The molecular weight excluding hydrogens is 230 g/mol. The van der Waals surface area contributed by atoms with Crippen molar-refractivity contribution in [3.8, 4) is 0 Å². The number of nitrogens with zero attached hydrogens (tertiary/aromatic N) is 1. The Morgan fingerprint density at radius 1 is 1.33 bits per heavy atom. The molecule has 1 saturated heterocycles. The van der Waals surface area contributed by atoms with Gasteiger partial charge >= 0.3 is 6.09 Å². The molecule has 1 unspecified atom stereocenters. The van der Waals surface area contributed by atoms with E-state index in [2.05, 4.69) is 6.92 Å². The lowest BCUT2D eigenvalue weighted by Crippen LogP contribution is -2.41. The van der Waals surface area contributed by atoms with Crippen LogP contribution in [0.25, 0.3) is 0 Å². The van der Waals surface area contributed by atoms with Crippen molar-refractivity contribution in [1.82, 2.24) is 4.90 Å². The highest BCUT2D eigenvalue weighted by Gasteiger charge is 2.32. The number of likely N-dealkylation sites (tertiary alicyclic amines) is 1. The summed E-state index contributed by atoms with van der Waals surface area (Å²) in [7, 11) is 0. The van der Waals surface area contributed by atoms with E-state index < -0.39 is 5.60 Å². The third-order valence-corrected chi connectivity index (χ3v) is 2.88. The average molecular weight is 257 g/mol. The topological polar surface area (TPSA) is 38.8 Å². The fourth-order valence-corrected chi connectivity index (χ4v) is 2.01. The molecule has 4 nitrogen and oxygen atoms in total. The summed E-state index contributed by atoms with van der Waals surface area (Å²) in [5.74, 6) is 0. The molecular formula is C14H27NO3. The number of amides is 1. The Bertz CT molecular complexity index is 260. The summed E-state index contributed by atoms with van der Waals surface area (Å²) in [5, 5.41) is 0. The third-order valence-electron chi connectivity index (χ3n) is 2.88. The van der Waals surface area contributed by atoms with E-state index in [9.17, 15) is 4.79 Å². The first-order valence-corrected chi connectivity index (χ1v) is 7.05. The van der Waals surface area contributed by atoms with Crippen molar-refractivity contribution in [1.29, 1.82) is 0 Å². The van der Waals surface area contributed by atoms with Crippen molar-refractivity contribution in [2.45, 2.75) is 71.6 Å². The molecule has 18 heavy (non-hydrogen) atoms. The zero-order chi connectivity index (χ0) is 13.6. The molecule has 0 spiro atoms. The van der Waals surface area contributed by atoms with Gasteiger partial charge in [0.1, 0.15) is 11.8 Å². The molecule has 1 aliphatic rings. The van der Waals surface area contributed by atoms with Crippen LogP contribution in [0.1, 0.15) is 59.8 Å². The van der Waals surface area contributed by atoms with Crippen LogP contribution >= 0.6 is 0 Å². The Morgan fingerprint density at radius 3 is 2.67 bits per heavy atom. The van der Waals surface area contributed by atoms with Gasteiger partial charge in [0, 0.05) is 13.2 Å². The number of carbonyl (C=O) groups excluding carboxylic acids is 1. The van der Waals surface area contributed by atoms with E-state index in [0.717, 1.165) is 32.4 Å². The Labute approximate surface area is 111 Å². The van der Waals surface area contributed by atoms with Crippen LogP contribution in [0.4, 0.5) is 4.79 Å². The first-order chi connectivity index (χ1) is 8.44. The quantitative estimate of drug-likeness (QED) is 0.707. The minimum Gasteiger partial charge on any atom is -0.444 e. The van der Waals surface area contributed by atoms with Gasteiger partial charge in [-0.05, 0) is 40.0 Å². The second-order valence-electron chi connectivity index (χ2n) is 5.85. The van der Waals surface area contributed by atoms with Gasteiger partial charge < -0.3 is 9.47 Å². The van der Waals surface area contributed by atoms with Crippen LogP contribution < -0.4 is 0 Å². The van der Waals surface area contributed by atoms with Gasteiger partial charge in [0.25, 0.3) is 0 Å². The number of ether oxygens (including phenoxy) is 2. The molecule has 1 aliphatic heterocycles. The van der Waals surface area contributed by atoms with E-state index in [1.807, 2.05) is 20.8 Å². The number of hydrogen-bond acceptors (Lipinski definition) is 3. The predicted octanol–water partition coefficient (Wildman–Crippen LogP) is 3.55.